The number of aliphatic hydroxyl groups excluding tert-OH is 1. The van der Waals surface area contributed by atoms with E-state index in [1.807, 2.05) is 6.92 Å². The Morgan fingerprint density at radius 3 is 2.42 bits per heavy atom. The van der Waals surface area contributed by atoms with Crippen LogP contribution in [0.1, 0.15) is 24.1 Å². The van der Waals surface area contributed by atoms with Gasteiger partial charge in [-0.1, -0.05) is 17.4 Å². The molecule has 1 saturated heterocycles. The molecule has 1 fully saturated rings. The quantitative estimate of drug-likeness (QED) is 0.193. The van der Waals surface area contributed by atoms with Crippen LogP contribution in [0.3, 0.4) is 0 Å². The monoisotopic (exact) mass is 532 g/mol. The van der Waals surface area contributed by atoms with Crippen molar-refractivity contribution in [3.8, 4) is 23.0 Å². The van der Waals surface area contributed by atoms with E-state index < -0.39 is 17.7 Å². The number of rotatable bonds is 7. The number of ether oxygens (including phenoxy) is 3. The largest absolute Gasteiger partial charge is 0.507 e. The van der Waals surface area contributed by atoms with Crippen LogP contribution < -0.4 is 19.1 Å². The van der Waals surface area contributed by atoms with Gasteiger partial charge in [-0.15, -0.1) is 0 Å². The first-order valence-corrected chi connectivity index (χ1v) is 12.5. The number of carbonyl (C=O) groups is 2. The van der Waals surface area contributed by atoms with Gasteiger partial charge in [0.1, 0.15) is 17.3 Å². The van der Waals surface area contributed by atoms with Gasteiger partial charge < -0.3 is 24.4 Å². The maximum absolute atomic E-state index is 13.5. The molecule has 0 bridgehead atoms. The van der Waals surface area contributed by atoms with Gasteiger partial charge in [0, 0.05) is 5.56 Å². The minimum Gasteiger partial charge on any atom is -0.507 e. The van der Waals surface area contributed by atoms with E-state index in [2.05, 4.69) is 4.98 Å². The van der Waals surface area contributed by atoms with Crippen molar-refractivity contribution < 1.29 is 34.0 Å². The van der Waals surface area contributed by atoms with Crippen molar-refractivity contribution in [3.63, 3.8) is 0 Å². The number of amides is 1. The first-order valence-electron chi connectivity index (χ1n) is 11.7. The SMILES string of the molecule is CCOc1ccc(C(O)=C2C(=O)C(=O)N(c3nc4ccc(OC)cc4s3)C2c2ccc(O)c(OC)c2)cc1. The Morgan fingerprint density at radius 1 is 1.00 bits per heavy atom. The smallest absolute Gasteiger partial charge is 0.301 e. The molecule has 0 saturated carbocycles. The summed E-state index contributed by atoms with van der Waals surface area (Å²) in [7, 11) is 2.96. The number of carbonyl (C=O) groups excluding carboxylic acids is 2. The molecule has 194 valence electrons. The number of hydrogen-bond donors (Lipinski definition) is 2. The van der Waals surface area contributed by atoms with Crippen molar-refractivity contribution in [2.24, 2.45) is 0 Å². The lowest BCUT2D eigenvalue weighted by Gasteiger charge is -2.23. The summed E-state index contributed by atoms with van der Waals surface area (Å²) >= 11 is 1.22. The topological polar surface area (TPSA) is 118 Å². The molecule has 5 rings (SSSR count). The molecule has 1 aromatic heterocycles. The number of phenols is 1. The summed E-state index contributed by atoms with van der Waals surface area (Å²) in [5.74, 6) is -0.742. The van der Waals surface area contributed by atoms with Gasteiger partial charge in [0.25, 0.3) is 5.78 Å². The fourth-order valence-electron chi connectivity index (χ4n) is 4.36. The highest BCUT2D eigenvalue weighted by Gasteiger charge is 2.48. The Kier molecular flexibility index (Phi) is 6.64. The number of thiazole rings is 1. The van der Waals surface area contributed by atoms with Crippen molar-refractivity contribution in [2.45, 2.75) is 13.0 Å². The van der Waals surface area contributed by atoms with Crippen LogP contribution in [-0.2, 0) is 9.59 Å². The van der Waals surface area contributed by atoms with Crippen LogP contribution in [-0.4, -0.2) is 47.7 Å². The maximum Gasteiger partial charge on any atom is 0.301 e. The van der Waals surface area contributed by atoms with Gasteiger partial charge in [0.05, 0.1) is 42.7 Å². The number of benzene rings is 3. The lowest BCUT2D eigenvalue weighted by molar-refractivity contribution is -0.132. The van der Waals surface area contributed by atoms with Gasteiger partial charge in [-0.2, -0.15) is 0 Å². The van der Waals surface area contributed by atoms with Crippen molar-refractivity contribution in [2.75, 3.05) is 25.7 Å². The second-order valence-corrected chi connectivity index (χ2v) is 9.40. The second kappa shape index (κ2) is 10.1. The number of phenolic OH excluding ortho intramolecular Hbond substituents is 1. The number of ketones is 1. The molecule has 1 atom stereocenters. The number of hydrogen-bond acceptors (Lipinski definition) is 9. The predicted octanol–water partition coefficient (Wildman–Crippen LogP) is 5.04. The summed E-state index contributed by atoms with van der Waals surface area (Å²) in [5.41, 5.74) is 1.31. The van der Waals surface area contributed by atoms with Gasteiger partial charge in [-0.05, 0) is 67.1 Å². The molecule has 0 radical (unpaired) electrons. The average molecular weight is 533 g/mol. The van der Waals surface area contributed by atoms with E-state index in [0.717, 1.165) is 4.70 Å². The minimum atomic E-state index is -1.03. The fraction of sp³-hybridized carbons (Fsp3) is 0.179. The molecule has 1 aliphatic heterocycles. The number of aromatic nitrogens is 1. The third kappa shape index (κ3) is 4.28. The third-order valence-electron chi connectivity index (χ3n) is 6.19. The van der Waals surface area contributed by atoms with Crippen LogP contribution in [0.4, 0.5) is 5.13 Å². The molecule has 4 aromatic rings. The normalized spacial score (nSPS) is 16.7. The molecule has 3 aromatic carbocycles. The van der Waals surface area contributed by atoms with Gasteiger partial charge in [-0.3, -0.25) is 14.5 Å². The Balaban J connectivity index is 1.70. The molecule has 2 heterocycles. The van der Waals surface area contributed by atoms with E-state index in [1.54, 1.807) is 55.6 Å². The molecule has 1 unspecified atom stereocenters. The van der Waals surface area contributed by atoms with Crippen molar-refractivity contribution in [1.29, 1.82) is 0 Å². The summed E-state index contributed by atoms with van der Waals surface area (Å²) in [6.07, 6.45) is 0. The Labute approximate surface area is 222 Å². The van der Waals surface area contributed by atoms with Crippen LogP contribution in [0.25, 0.3) is 16.0 Å². The second-order valence-electron chi connectivity index (χ2n) is 8.39. The van der Waals surface area contributed by atoms with Crippen molar-refractivity contribution in [1.82, 2.24) is 4.98 Å². The Hall–Kier alpha value is -4.57. The van der Waals surface area contributed by atoms with E-state index in [-0.39, 0.29) is 28.0 Å². The lowest BCUT2D eigenvalue weighted by Crippen LogP contribution is -2.29. The minimum absolute atomic E-state index is 0.105. The zero-order valence-electron chi connectivity index (χ0n) is 20.8. The van der Waals surface area contributed by atoms with E-state index >= 15 is 0 Å². The summed E-state index contributed by atoms with van der Waals surface area (Å²) in [6, 6.07) is 15.4. The highest BCUT2D eigenvalue weighted by atomic mass is 32.1. The number of nitrogens with zero attached hydrogens (tertiary/aromatic N) is 2. The first-order chi connectivity index (χ1) is 18.4. The van der Waals surface area contributed by atoms with Crippen LogP contribution >= 0.6 is 11.3 Å². The number of methoxy groups -OCH3 is 2. The van der Waals surface area contributed by atoms with Crippen LogP contribution in [0, 0.1) is 0 Å². The zero-order chi connectivity index (χ0) is 27.0. The predicted molar refractivity (Wildman–Crippen MR) is 143 cm³/mol. The summed E-state index contributed by atoms with van der Waals surface area (Å²) in [4.78, 5) is 32.8. The van der Waals surface area contributed by atoms with Gasteiger partial charge in [-0.25, -0.2) is 4.98 Å². The Bertz CT molecular complexity index is 1580. The number of aromatic hydroxyl groups is 1. The van der Waals surface area contributed by atoms with E-state index in [4.69, 9.17) is 14.2 Å². The molecule has 9 nitrogen and oxygen atoms in total. The number of anilines is 1. The molecule has 0 spiro atoms. The molecule has 2 N–H and O–H groups in total. The molecule has 1 aliphatic rings. The number of aliphatic hydroxyl groups is 1. The van der Waals surface area contributed by atoms with Crippen molar-refractivity contribution in [3.05, 3.63) is 77.4 Å². The van der Waals surface area contributed by atoms with Crippen LogP contribution in [0.5, 0.6) is 23.0 Å². The highest BCUT2D eigenvalue weighted by molar-refractivity contribution is 7.22. The molecule has 1 amide bonds. The number of Topliss-reactive ketones (excluding diaryl/α,β-unsaturated/α-hetero) is 1. The van der Waals surface area contributed by atoms with Gasteiger partial charge in [0.15, 0.2) is 16.6 Å². The van der Waals surface area contributed by atoms with E-state index in [1.165, 1.54) is 35.5 Å². The number of fused-ring (bicyclic) bond motifs is 1. The summed E-state index contributed by atoms with van der Waals surface area (Å²) in [6.45, 7) is 2.34. The summed E-state index contributed by atoms with van der Waals surface area (Å²) in [5, 5.41) is 21.8. The summed E-state index contributed by atoms with van der Waals surface area (Å²) < 4.78 is 16.8. The maximum atomic E-state index is 13.5. The molecule has 10 heteroatoms. The molecule has 38 heavy (non-hydrogen) atoms. The van der Waals surface area contributed by atoms with Crippen LogP contribution in [0.15, 0.2) is 66.2 Å². The molecular formula is C28H24N2O7S. The van der Waals surface area contributed by atoms with Crippen LogP contribution in [0.2, 0.25) is 0 Å². The Morgan fingerprint density at radius 2 is 1.74 bits per heavy atom. The van der Waals surface area contributed by atoms with Crippen molar-refractivity contribution >= 4 is 44.1 Å². The van der Waals surface area contributed by atoms with Gasteiger partial charge in [0.2, 0.25) is 0 Å². The fourth-order valence-corrected chi connectivity index (χ4v) is 5.38. The average Bonchev–Trinajstić information content (AvgIpc) is 3.46. The third-order valence-corrected chi connectivity index (χ3v) is 7.21. The van der Waals surface area contributed by atoms with Gasteiger partial charge >= 0.3 is 5.91 Å². The van der Waals surface area contributed by atoms with E-state index in [9.17, 15) is 19.8 Å². The lowest BCUT2D eigenvalue weighted by atomic mass is 9.95. The molecule has 0 aliphatic carbocycles. The first kappa shape index (κ1) is 25.1. The van der Waals surface area contributed by atoms with E-state index in [0.29, 0.717) is 34.7 Å². The highest BCUT2D eigenvalue weighted by Crippen LogP contribution is 2.46. The standard InChI is InChI=1S/C28H24N2O7S/c1-4-37-17-8-5-15(6-9-17)25(32)23-24(16-7-12-20(31)21(13-16)36-3)30(27(34)26(23)33)28-29-19-11-10-18(35-2)14-22(19)38-28/h5-14,24,31-32H,4H2,1-3H3. The zero-order valence-corrected chi connectivity index (χ0v) is 21.6. The molecular weight excluding hydrogens is 508 g/mol.